The predicted octanol–water partition coefficient (Wildman–Crippen LogP) is 3.06. The number of nitrogen functional groups attached to an aromatic ring is 1. The second-order valence-electron chi connectivity index (χ2n) is 8.00. The van der Waals surface area contributed by atoms with Crippen LogP contribution in [0.1, 0.15) is 34.3 Å². The molecule has 0 aliphatic carbocycles. The minimum absolute atomic E-state index is 0.00942. The Balaban J connectivity index is 1.35. The number of fused-ring (bicyclic) bond motifs is 1. The summed E-state index contributed by atoms with van der Waals surface area (Å²) in [4.78, 5) is 40.8. The average Bonchev–Trinajstić information content (AvgIpc) is 2.83. The van der Waals surface area contributed by atoms with Crippen molar-refractivity contribution >= 4 is 29.1 Å². The number of carbonyl (C=O) groups is 3. The zero-order valence-electron chi connectivity index (χ0n) is 17.8. The Labute approximate surface area is 190 Å². The van der Waals surface area contributed by atoms with Crippen LogP contribution in [0.5, 0.6) is 0 Å². The molecule has 0 atom stereocenters. The van der Waals surface area contributed by atoms with Gasteiger partial charge in [0.25, 0.3) is 0 Å². The minimum atomic E-state index is -0.858. The van der Waals surface area contributed by atoms with Crippen LogP contribution in [-0.2, 0) is 11.3 Å². The molecule has 2 aromatic carbocycles. The zero-order chi connectivity index (χ0) is 23.5. The molecular weight excluding hydrogens is 425 g/mol. The molecule has 0 bridgehead atoms. The molecule has 168 valence electrons. The highest BCUT2D eigenvalue weighted by Crippen LogP contribution is 2.27. The third kappa shape index (κ3) is 4.55. The zero-order valence-corrected chi connectivity index (χ0v) is 17.8. The van der Waals surface area contributed by atoms with Gasteiger partial charge in [0.2, 0.25) is 5.91 Å². The molecule has 0 spiro atoms. The Morgan fingerprint density at radius 3 is 2.64 bits per heavy atom. The van der Waals surface area contributed by atoms with Gasteiger partial charge in [-0.2, -0.15) is 5.26 Å². The third-order valence-electron chi connectivity index (χ3n) is 5.99. The van der Waals surface area contributed by atoms with Crippen molar-refractivity contribution in [1.82, 2.24) is 9.80 Å². The van der Waals surface area contributed by atoms with Crippen molar-refractivity contribution in [3.05, 3.63) is 71.1 Å². The number of nitrogens with zero attached hydrogens (tertiary/aromatic N) is 3. The first-order valence-electron chi connectivity index (χ1n) is 10.5. The monoisotopic (exact) mass is 447 g/mol. The molecule has 8 nitrogen and oxygen atoms in total. The van der Waals surface area contributed by atoms with Crippen molar-refractivity contribution in [3.8, 4) is 6.07 Å². The summed E-state index contributed by atoms with van der Waals surface area (Å²) in [6.45, 7) is 1.42. The molecule has 2 aliphatic rings. The van der Waals surface area contributed by atoms with E-state index in [1.807, 2.05) is 24.3 Å². The highest BCUT2D eigenvalue weighted by atomic mass is 19.1. The topological polar surface area (TPSA) is 120 Å². The van der Waals surface area contributed by atoms with Gasteiger partial charge in [0.15, 0.2) is 5.78 Å². The fourth-order valence-electron chi connectivity index (χ4n) is 4.12. The Bertz CT molecular complexity index is 1200. The highest BCUT2D eigenvalue weighted by Gasteiger charge is 2.32. The Morgan fingerprint density at radius 1 is 1.18 bits per heavy atom. The summed E-state index contributed by atoms with van der Waals surface area (Å²) < 4.78 is 13.8. The molecule has 0 aromatic heterocycles. The largest absolute Gasteiger partial charge is 0.395 e. The number of ketones is 1. The van der Waals surface area contributed by atoms with E-state index < -0.39 is 11.6 Å². The van der Waals surface area contributed by atoms with Crippen LogP contribution in [0.2, 0.25) is 0 Å². The van der Waals surface area contributed by atoms with E-state index in [9.17, 15) is 18.8 Å². The number of hydrogen-bond acceptors (Lipinski definition) is 5. The number of allylic oxidation sites excluding steroid dienone is 1. The molecular formula is C24H22FN5O3. The smallest absolute Gasteiger partial charge is 0.322 e. The van der Waals surface area contributed by atoms with Gasteiger partial charge in [0, 0.05) is 43.0 Å². The second-order valence-corrected chi connectivity index (χ2v) is 8.00. The number of para-hydroxylation sites is 1. The molecule has 3 N–H and O–H groups in total. The number of benzene rings is 2. The summed E-state index contributed by atoms with van der Waals surface area (Å²) in [6.07, 6.45) is 3.46. The van der Waals surface area contributed by atoms with Crippen molar-refractivity contribution in [2.75, 3.05) is 24.1 Å². The van der Waals surface area contributed by atoms with Gasteiger partial charge in [-0.15, -0.1) is 0 Å². The van der Waals surface area contributed by atoms with Gasteiger partial charge >= 0.3 is 6.03 Å². The van der Waals surface area contributed by atoms with Crippen LogP contribution in [-0.4, -0.2) is 46.7 Å². The van der Waals surface area contributed by atoms with Gasteiger partial charge in [-0.3, -0.25) is 9.59 Å². The first kappa shape index (κ1) is 22.0. The molecule has 0 unspecified atom stereocenters. The number of likely N-dealkylation sites (tertiary alicyclic amines) is 1. The van der Waals surface area contributed by atoms with E-state index in [4.69, 9.17) is 11.0 Å². The van der Waals surface area contributed by atoms with Crippen molar-refractivity contribution in [3.63, 3.8) is 0 Å². The summed E-state index contributed by atoms with van der Waals surface area (Å²) in [5, 5.41) is 11.9. The van der Waals surface area contributed by atoms with Gasteiger partial charge in [-0.05, 0) is 42.7 Å². The molecule has 1 saturated heterocycles. The number of carbonyl (C=O) groups excluding carboxylic acids is 3. The standard InChI is InChI=1S/C24H22FN5O3/c25-19-12-16(11-17(13-26)23(19)27)21(31)5-6-22(32)29-9-7-18(8-10-29)30-14-15-3-1-2-4-20(15)28-24(30)33/h1-6,11-12,18H,7-10,14,27H2,(H,28,33). The first-order chi connectivity index (χ1) is 15.9. The Morgan fingerprint density at radius 2 is 1.91 bits per heavy atom. The SMILES string of the molecule is N#Cc1cc(C(=O)C=CC(=O)N2CCC(N3Cc4ccccc4NC3=O)CC2)cc(F)c1N. The molecule has 2 heterocycles. The normalized spacial score (nSPS) is 16.3. The lowest BCUT2D eigenvalue weighted by Gasteiger charge is -2.40. The van der Waals surface area contributed by atoms with Crippen LogP contribution in [0.25, 0.3) is 0 Å². The van der Waals surface area contributed by atoms with Crippen molar-refractivity contribution in [2.24, 2.45) is 0 Å². The lowest BCUT2D eigenvalue weighted by Crippen LogP contribution is -2.50. The van der Waals surface area contributed by atoms with E-state index in [1.165, 1.54) is 6.07 Å². The number of piperidine rings is 1. The van der Waals surface area contributed by atoms with E-state index in [1.54, 1.807) is 15.9 Å². The quantitative estimate of drug-likeness (QED) is 0.424. The molecule has 9 heteroatoms. The number of nitrogens with one attached hydrogen (secondary N) is 1. The fraction of sp³-hybridized carbons (Fsp3) is 0.250. The lowest BCUT2D eigenvalue weighted by molar-refractivity contribution is -0.127. The molecule has 0 radical (unpaired) electrons. The number of urea groups is 1. The maximum Gasteiger partial charge on any atom is 0.322 e. The summed E-state index contributed by atoms with van der Waals surface area (Å²) in [6, 6.07) is 11.4. The fourth-order valence-corrected chi connectivity index (χ4v) is 4.12. The number of amides is 3. The average molecular weight is 447 g/mol. The number of rotatable bonds is 4. The van der Waals surface area contributed by atoms with E-state index in [0.29, 0.717) is 32.5 Å². The maximum atomic E-state index is 13.8. The molecule has 2 aromatic rings. The number of halogens is 1. The first-order valence-corrected chi connectivity index (χ1v) is 10.5. The molecule has 2 aliphatic heterocycles. The number of nitrogens with two attached hydrogens (primary N) is 1. The van der Waals surface area contributed by atoms with Crippen LogP contribution in [0, 0.1) is 17.1 Å². The maximum absolute atomic E-state index is 13.8. The van der Waals surface area contributed by atoms with Gasteiger partial charge in [0.1, 0.15) is 11.9 Å². The number of anilines is 2. The lowest BCUT2D eigenvalue weighted by atomic mass is 10.0. The summed E-state index contributed by atoms with van der Waals surface area (Å²) in [5.41, 5.74) is 6.83. The van der Waals surface area contributed by atoms with Crippen molar-refractivity contribution in [1.29, 1.82) is 5.26 Å². The van der Waals surface area contributed by atoms with Crippen LogP contribution >= 0.6 is 0 Å². The van der Waals surface area contributed by atoms with E-state index in [0.717, 1.165) is 29.5 Å². The molecule has 3 amide bonds. The summed E-state index contributed by atoms with van der Waals surface area (Å²) in [7, 11) is 0. The Hall–Kier alpha value is -4.19. The molecule has 1 fully saturated rings. The minimum Gasteiger partial charge on any atom is -0.395 e. The predicted molar refractivity (Wildman–Crippen MR) is 120 cm³/mol. The van der Waals surface area contributed by atoms with Gasteiger partial charge in [-0.25, -0.2) is 9.18 Å². The van der Waals surface area contributed by atoms with Crippen LogP contribution in [0.3, 0.4) is 0 Å². The molecule has 0 saturated carbocycles. The highest BCUT2D eigenvalue weighted by molar-refractivity contribution is 6.08. The van der Waals surface area contributed by atoms with Gasteiger partial charge < -0.3 is 20.9 Å². The number of hydrogen-bond donors (Lipinski definition) is 2. The summed E-state index contributed by atoms with van der Waals surface area (Å²) in [5.74, 6) is -1.80. The van der Waals surface area contributed by atoms with E-state index in [-0.39, 0.29) is 34.8 Å². The van der Waals surface area contributed by atoms with Gasteiger partial charge in [-0.1, -0.05) is 18.2 Å². The Kier molecular flexibility index (Phi) is 6.09. The second kappa shape index (κ2) is 9.12. The van der Waals surface area contributed by atoms with Crippen molar-refractivity contribution in [2.45, 2.75) is 25.4 Å². The van der Waals surface area contributed by atoms with E-state index >= 15 is 0 Å². The third-order valence-corrected chi connectivity index (χ3v) is 5.99. The van der Waals surface area contributed by atoms with E-state index in [2.05, 4.69) is 5.32 Å². The molecule has 4 rings (SSSR count). The van der Waals surface area contributed by atoms with Crippen LogP contribution in [0.15, 0.2) is 48.6 Å². The van der Waals surface area contributed by atoms with Crippen molar-refractivity contribution < 1.29 is 18.8 Å². The molecule has 33 heavy (non-hydrogen) atoms. The number of nitriles is 1. The summed E-state index contributed by atoms with van der Waals surface area (Å²) >= 11 is 0. The van der Waals surface area contributed by atoms with Gasteiger partial charge in [0.05, 0.1) is 11.3 Å². The van der Waals surface area contributed by atoms with Crippen LogP contribution in [0.4, 0.5) is 20.6 Å². The van der Waals surface area contributed by atoms with Crippen LogP contribution < -0.4 is 11.1 Å².